The van der Waals surface area contributed by atoms with Crippen molar-refractivity contribution in [3.8, 4) is 5.88 Å². The van der Waals surface area contributed by atoms with Gasteiger partial charge in [0.25, 0.3) is 5.56 Å². The van der Waals surface area contributed by atoms with Gasteiger partial charge in [0.2, 0.25) is 5.88 Å². The SMILES string of the molecule is CCCc1nc(C)c2c(OC(F)F)nc3ccc(=O)n(CC4CC4)c3n12. The van der Waals surface area contributed by atoms with Crippen molar-refractivity contribution in [2.24, 2.45) is 5.92 Å². The van der Waals surface area contributed by atoms with Crippen molar-refractivity contribution >= 4 is 16.7 Å². The van der Waals surface area contributed by atoms with Gasteiger partial charge < -0.3 is 4.74 Å². The third-order valence-electron chi connectivity index (χ3n) is 4.70. The Hall–Kier alpha value is -2.51. The fraction of sp³-hybridized carbons (Fsp3) is 0.500. The molecule has 3 aromatic heterocycles. The van der Waals surface area contributed by atoms with Crippen LogP contribution in [0.5, 0.6) is 5.88 Å². The van der Waals surface area contributed by atoms with Crippen LogP contribution >= 0.6 is 0 Å². The van der Waals surface area contributed by atoms with Crippen LogP contribution in [0, 0.1) is 12.8 Å². The van der Waals surface area contributed by atoms with Crippen molar-refractivity contribution in [3.05, 3.63) is 34.0 Å². The first kappa shape index (κ1) is 16.9. The minimum atomic E-state index is -2.98. The number of pyridine rings is 1. The summed E-state index contributed by atoms with van der Waals surface area (Å²) in [6.45, 7) is 1.38. The summed E-state index contributed by atoms with van der Waals surface area (Å²) in [7, 11) is 0. The number of rotatable bonds is 6. The van der Waals surface area contributed by atoms with Crippen LogP contribution in [0.3, 0.4) is 0 Å². The second kappa shape index (κ2) is 6.34. The highest BCUT2D eigenvalue weighted by Gasteiger charge is 2.26. The van der Waals surface area contributed by atoms with Crippen molar-refractivity contribution in [2.75, 3.05) is 0 Å². The van der Waals surface area contributed by atoms with Gasteiger partial charge >= 0.3 is 6.61 Å². The van der Waals surface area contributed by atoms with Crippen molar-refractivity contribution in [3.63, 3.8) is 0 Å². The topological polar surface area (TPSA) is 61.4 Å². The number of aromatic nitrogens is 4. The molecule has 0 aliphatic heterocycles. The number of ether oxygens (including phenoxy) is 1. The number of hydrogen-bond acceptors (Lipinski definition) is 4. The number of fused-ring (bicyclic) bond motifs is 3. The van der Waals surface area contributed by atoms with E-state index in [0.717, 1.165) is 25.1 Å². The first-order valence-corrected chi connectivity index (χ1v) is 8.86. The van der Waals surface area contributed by atoms with Crippen LogP contribution in [0.1, 0.15) is 37.7 Å². The van der Waals surface area contributed by atoms with Gasteiger partial charge in [-0.1, -0.05) is 6.92 Å². The lowest BCUT2D eigenvalue weighted by Crippen LogP contribution is -2.23. The summed E-state index contributed by atoms with van der Waals surface area (Å²) in [5.74, 6) is 1.04. The first-order chi connectivity index (χ1) is 12.5. The lowest BCUT2D eigenvalue weighted by atomic mass is 10.3. The van der Waals surface area contributed by atoms with Gasteiger partial charge in [-0.05, 0) is 38.2 Å². The van der Waals surface area contributed by atoms with Crippen molar-refractivity contribution in [2.45, 2.75) is 52.7 Å². The van der Waals surface area contributed by atoms with Gasteiger partial charge in [-0.3, -0.25) is 13.8 Å². The zero-order valence-electron chi connectivity index (χ0n) is 14.7. The Morgan fingerprint density at radius 1 is 1.31 bits per heavy atom. The van der Waals surface area contributed by atoms with E-state index in [1.54, 1.807) is 22.0 Å². The Kier molecular flexibility index (Phi) is 4.13. The molecule has 0 N–H and O–H groups in total. The number of hydrogen-bond donors (Lipinski definition) is 0. The first-order valence-electron chi connectivity index (χ1n) is 8.86. The molecule has 26 heavy (non-hydrogen) atoms. The molecule has 1 aliphatic carbocycles. The summed E-state index contributed by atoms with van der Waals surface area (Å²) in [6.07, 6.45) is 3.69. The van der Waals surface area contributed by atoms with E-state index in [2.05, 4.69) is 14.7 Å². The molecular formula is C18H20F2N4O2. The highest BCUT2D eigenvalue weighted by atomic mass is 19.3. The van der Waals surface area contributed by atoms with Crippen LogP contribution in [0.15, 0.2) is 16.9 Å². The minimum absolute atomic E-state index is 0.121. The summed E-state index contributed by atoms with van der Waals surface area (Å²) in [4.78, 5) is 21.4. The molecule has 0 amide bonds. The molecule has 0 aromatic carbocycles. The van der Waals surface area contributed by atoms with E-state index in [9.17, 15) is 13.6 Å². The molecule has 0 atom stereocenters. The van der Waals surface area contributed by atoms with Gasteiger partial charge in [-0.2, -0.15) is 8.78 Å². The van der Waals surface area contributed by atoms with E-state index in [4.69, 9.17) is 0 Å². The average molecular weight is 362 g/mol. The van der Waals surface area contributed by atoms with Crippen LogP contribution in [0.2, 0.25) is 0 Å². The number of nitrogens with zero attached hydrogens (tertiary/aromatic N) is 4. The normalized spacial score (nSPS) is 14.7. The Balaban J connectivity index is 2.11. The fourth-order valence-corrected chi connectivity index (χ4v) is 3.40. The van der Waals surface area contributed by atoms with E-state index < -0.39 is 6.61 Å². The third kappa shape index (κ3) is 2.83. The van der Waals surface area contributed by atoms with Crippen LogP contribution in [0.4, 0.5) is 8.78 Å². The molecule has 0 radical (unpaired) electrons. The largest absolute Gasteiger partial charge is 0.415 e. The average Bonchev–Trinajstić information content (AvgIpc) is 3.33. The molecule has 138 valence electrons. The summed E-state index contributed by atoms with van der Waals surface area (Å²) in [5, 5.41) is 0. The third-order valence-corrected chi connectivity index (χ3v) is 4.70. The molecule has 6 nitrogen and oxygen atoms in total. The summed E-state index contributed by atoms with van der Waals surface area (Å²) in [6, 6.07) is 2.99. The van der Waals surface area contributed by atoms with Gasteiger partial charge in [-0.15, -0.1) is 0 Å². The second-order valence-electron chi connectivity index (χ2n) is 6.78. The number of imidazole rings is 1. The van der Waals surface area contributed by atoms with E-state index in [1.165, 1.54) is 6.07 Å². The zero-order valence-corrected chi connectivity index (χ0v) is 14.7. The van der Waals surface area contributed by atoms with E-state index in [1.807, 2.05) is 6.92 Å². The summed E-state index contributed by atoms with van der Waals surface area (Å²) in [5.41, 5.74) is 1.89. The molecule has 0 saturated heterocycles. The van der Waals surface area contributed by atoms with E-state index >= 15 is 0 Å². The molecule has 3 aromatic rings. The molecule has 4 rings (SSSR count). The van der Waals surface area contributed by atoms with E-state index in [-0.39, 0.29) is 11.4 Å². The minimum Gasteiger partial charge on any atom is -0.415 e. The molecule has 0 spiro atoms. The zero-order chi connectivity index (χ0) is 18.4. The number of alkyl halides is 2. The molecule has 0 unspecified atom stereocenters. The van der Waals surface area contributed by atoms with Gasteiger partial charge in [-0.25, -0.2) is 9.97 Å². The predicted molar refractivity (Wildman–Crippen MR) is 92.8 cm³/mol. The van der Waals surface area contributed by atoms with Crippen molar-refractivity contribution in [1.29, 1.82) is 0 Å². The second-order valence-corrected chi connectivity index (χ2v) is 6.78. The highest BCUT2D eigenvalue weighted by Crippen LogP contribution is 2.33. The van der Waals surface area contributed by atoms with Crippen LogP contribution in [-0.2, 0) is 13.0 Å². The summed E-state index contributed by atoms with van der Waals surface area (Å²) < 4.78 is 34.0. The molecule has 1 saturated carbocycles. The van der Waals surface area contributed by atoms with Crippen LogP contribution < -0.4 is 10.3 Å². The molecule has 1 fully saturated rings. The lowest BCUT2D eigenvalue weighted by Gasteiger charge is -2.15. The maximum absolute atomic E-state index is 12.9. The van der Waals surface area contributed by atoms with Gasteiger partial charge in [0.1, 0.15) is 22.5 Å². The Morgan fingerprint density at radius 3 is 2.73 bits per heavy atom. The van der Waals surface area contributed by atoms with Crippen molar-refractivity contribution in [1.82, 2.24) is 18.9 Å². The number of aryl methyl sites for hydroxylation is 2. The quantitative estimate of drug-likeness (QED) is 0.675. The maximum Gasteiger partial charge on any atom is 0.388 e. The molecule has 0 bridgehead atoms. The Labute approximate surface area is 148 Å². The standard InChI is InChI=1S/C18H20F2N4O2/c1-3-4-13-21-10(2)15-16(26-18(19)20)22-12-7-8-14(25)23(9-11-5-6-11)17(12)24(13)15/h7-8,11,18H,3-6,9H2,1-2H3. The maximum atomic E-state index is 12.9. The Bertz CT molecular complexity index is 1040. The van der Waals surface area contributed by atoms with Gasteiger partial charge in [0, 0.05) is 19.0 Å². The molecule has 1 aliphatic rings. The molecular weight excluding hydrogens is 342 g/mol. The highest BCUT2D eigenvalue weighted by molar-refractivity contribution is 5.79. The van der Waals surface area contributed by atoms with Gasteiger partial charge in [0.05, 0.1) is 5.69 Å². The smallest absolute Gasteiger partial charge is 0.388 e. The van der Waals surface area contributed by atoms with Crippen LogP contribution in [-0.4, -0.2) is 25.5 Å². The Morgan fingerprint density at radius 2 is 2.08 bits per heavy atom. The van der Waals surface area contributed by atoms with E-state index in [0.29, 0.717) is 41.3 Å². The van der Waals surface area contributed by atoms with Gasteiger partial charge in [0.15, 0.2) is 0 Å². The number of halogens is 2. The monoisotopic (exact) mass is 362 g/mol. The fourth-order valence-electron chi connectivity index (χ4n) is 3.40. The predicted octanol–water partition coefficient (Wildman–Crippen LogP) is 3.32. The summed E-state index contributed by atoms with van der Waals surface area (Å²) >= 11 is 0. The molecule has 8 heteroatoms. The molecule has 3 heterocycles. The van der Waals surface area contributed by atoms with Crippen molar-refractivity contribution < 1.29 is 13.5 Å². The lowest BCUT2D eigenvalue weighted by molar-refractivity contribution is -0.0517. The van der Waals surface area contributed by atoms with Crippen LogP contribution in [0.25, 0.3) is 16.7 Å².